The van der Waals surface area contributed by atoms with Gasteiger partial charge in [-0.2, -0.15) is 0 Å². The molecule has 0 radical (unpaired) electrons. The van der Waals surface area contributed by atoms with Crippen molar-refractivity contribution in [1.29, 1.82) is 0 Å². The molecule has 0 bridgehead atoms. The van der Waals surface area contributed by atoms with Crippen molar-refractivity contribution in [3.63, 3.8) is 0 Å². The Kier molecular flexibility index (Phi) is 5.64. The highest BCUT2D eigenvalue weighted by molar-refractivity contribution is 5.40. The van der Waals surface area contributed by atoms with E-state index in [4.69, 9.17) is 9.47 Å². The molecule has 2 aromatic rings. The van der Waals surface area contributed by atoms with Crippen molar-refractivity contribution in [2.75, 3.05) is 14.2 Å². The van der Waals surface area contributed by atoms with Gasteiger partial charge in [-0.1, -0.05) is 37.3 Å². The normalized spacial score (nSPS) is 12.0. The molecule has 0 aliphatic rings. The predicted octanol–water partition coefficient (Wildman–Crippen LogP) is 3.94. The van der Waals surface area contributed by atoms with Crippen LogP contribution in [0.5, 0.6) is 11.5 Å². The Hall–Kier alpha value is -2.00. The third-order valence-electron chi connectivity index (χ3n) is 3.64. The van der Waals surface area contributed by atoms with Gasteiger partial charge in [0.15, 0.2) is 0 Å². The van der Waals surface area contributed by atoms with Crippen molar-refractivity contribution in [1.82, 2.24) is 5.32 Å². The zero-order valence-corrected chi connectivity index (χ0v) is 12.9. The summed E-state index contributed by atoms with van der Waals surface area (Å²) in [5.74, 6) is 1.73. The smallest absolute Gasteiger partial charge is 0.123 e. The topological polar surface area (TPSA) is 30.5 Å². The molecular formula is C18H23NO2. The molecule has 0 aliphatic heterocycles. The Balaban J connectivity index is 2.11. The van der Waals surface area contributed by atoms with Gasteiger partial charge in [0.1, 0.15) is 11.5 Å². The van der Waals surface area contributed by atoms with E-state index in [1.165, 1.54) is 5.56 Å². The van der Waals surface area contributed by atoms with Crippen molar-refractivity contribution >= 4 is 0 Å². The van der Waals surface area contributed by atoms with Gasteiger partial charge in [-0.25, -0.2) is 0 Å². The summed E-state index contributed by atoms with van der Waals surface area (Å²) in [6, 6.07) is 16.7. The van der Waals surface area contributed by atoms with Gasteiger partial charge in [-0.05, 0) is 30.2 Å². The van der Waals surface area contributed by atoms with Crippen LogP contribution in [0.25, 0.3) is 0 Å². The first-order valence-corrected chi connectivity index (χ1v) is 7.27. The highest BCUT2D eigenvalue weighted by Gasteiger charge is 2.10. The summed E-state index contributed by atoms with van der Waals surface area (Å²) in [4.78, 5) is 0. The summed E-state index contributed by atoms with van der Waals surface area (Å²) in [6.07, 6.45) is 1.04. The molecule has 0 amide bonds. The molecule has 2 aromatic carbocycles. The lowest BCUT2D eigenvalue weighted by atomic mass is 10.0. The third-order valence-corrected chi connectivity index (χ3v) is 3.64. The van der Waals surface area contributed by atoms with Crippen LogP contribution < -0.4 is 14.8 Å². The monoisotopic (exact) mass is 285 g/mol. The Morgan fingerprint density at radius 1 is 1.00 bits per heavy atom. The number of methoxy groups -OCH3 is 2. The summed E-state index contributed by atoms with van der Waals surface area (Å²) in [6.45, 7) is 2.93. The molecule has 1 unspecified atom stereocenters. The van der Waals surface area contributed by atoms with Gasteiger partial charge >= 0.3 is 0 Å². The SMILES string of the molecule is CCC(NCc1cc(OC)ccc1OC)c1ccccc1. The molecule has 3 heteroatoms. The average Bonchev–Trinajstić information content (AvgIpc) is 2.56. The first kappa shape index (κ1) is 15.4. The van der Waals surface area contributed by atoms with E-state index < -0.39 is 0 Å². The van der Waals surface area contributed by atoms with Crippen LogP contribution in [0.3, 0.4) is 0 Å². The number of hydrogen-bond donors (Lipinski definition) is 1. The zero-order valence-electron chi connectivity index (χ0n) is 12.9. The molecule has 2 rings (SSSR count). The van der Waals surface area contributed by atoms with Crippen molar-refractivity contribution in [3.05, 3.63) is 59.7 Å². The zero-order chi connectivity index (χ0) is 15.1. The quantitative estimate of drug-likeness (QED) is 0.835. The summed E-state index contributed by atoms with van der Waals surface area (Å²) < 4.78 is 10.7. The summed E-state index contributed by atoms with van der Waals surface area (Å²) >= 11 is 0. The van der Waals surface area contributed by atoms with Gasteiger partial charge in [0.2, 0.25) is 0 Å². The van der Waals surface area contributed by atoms with E-state index in [0.29, 0.717) is 6.04 Å². The Bertz CT molecular complexity index is 554. The number of benzene rings is 2. The molecule has 0 fully saturated rings. The van der Waals surface area contributed by atoms with Crippen molar-refractivity contribution in [2.45, 2.75) is 25.9 Å². The predicted molar refractivity (Wildman–Crippen MR) is 85.9 cm³/mol. The standard InChI is InChI=1S/C18H23NO2/c1-4-17(14-8-6-5-7-9-14)19-13-15-12-16(20-2)10-11-18(15)21-3/h5-12,17,19H,4,13H2,1-3H3. The molecule has 1 atom stereocenters. The number of nitrogens with one attached hydrogen (secondary N) is 1. The van der Waals surface area contributed by atoms with Gasteiger partial charge in [0.05, 0.1) is 14.2 Å². The van der Waals surface area contributed by atoms with Crippen LogP contribution in [0, 0.1) is 0 Å². The van der Waals surface area contributed by atoms with Crippen molar-refractivity contribution in [3.8, 4) is 11.5 Å². The summed E-state index contributed by atoms with van der Waals surface area (Å²) in [5.41, 5.74) is 2.41. The maximum absolute atomic E-state index is 5.42. The van der Waals surface area contributed by atoms with Crippen LogP contribution >= 0.6 is 0 Å². The fourth-order valence-electron chi connectivity index (χ4n) is 2.44. The van der Waals surface area contributed by atoms with Crippen LogP contribution in [0.1, 0.15) is 30.5 Å². The minimum atomic E-state index is 0.335. The van der Waals surface area contributed by atoms with E-state index >= 15 is 0 Å². The lowest BCUT2D eigenvalue weighted by Gasteiger charge is -2.19. The van der Waals surface area contributed by atoms with E-state index in [9.17, 15) is 0 Å². The molecule has 0 saturated heterocycles. The molecule has 0 heterocycles. The molecule has 112 valence electrons. The van der Waals surface area contributed by atoms with Gasteiger partial charge in [0.25, 0.3) is 0 Å². The van der Waals surface area contributed by atoms with E-state index in [2.05, 4.69) is 36.5 Å². The average molecular weight is 285 g/mol. The lowest BCUT2D eigenvalue weighted by Crippen LogP contribution is -2.20. The molecule has 0 spiro atoms. The molecule has 0 aliphatic carbocycles. The van der Waals surface area contributed by atoms with Gasteiger partial charge < -0.3 is 14.8 Å². The molecular weight excluding hydrogens is 262 g/mol. The van der Waals surface area contributed by atoms with E-state index in [1.54, 1.807) is 14.2 Å². The molecule has 0 aromatic heterocycles. The van der Waals surface area contributed by atoms with Gasteiger partial charge in [0, 0.05) is 18.2 Å². The Morgan fingerprint density at radius 2 is 1.76 bits per heavy atom. The minimum Gasteiger partial charge on any atom is -0.497 e. The first-order chi connectivity index (χ1) is 10.3. The second-order valence-corrected chi connectivity index (χ2v) is 4.93. The fraction of sp³-hybridized carbons (Fsp3) is 0.333. The second-order valence-electron chi connectivity index (χ2n) is 4.93. The maximum Gasteiger partial charge on any atom is 0.123 e. The fourth-order valence-corrected chi connectivity index (χ4v) is 2.44. The van der Waals surface area contributed by atoms with Gasteiger partial charge in [-0.3, -0.25) is 0 Å². The summed E-state index contributed by atoms with van der Waals surface area (Å²) in [7, 11) is 3.37. The Morgan fingerprint density at radius 3 is 2.38 bits per heavy atom. The van der Waals surface area contributed by atoms with Crippen LogP contribution in [-0.2, 0) is 6.54 Å². The number of hydrogen-bond acceptors (Lipinski definition) is 3. The summed E-state index contributed by atoms with van der Waals surface area (Å²) in [5, 5.41) is 3.59. The highest BCUT2D eigenvalue weighted by atomic mass is 16.5. The van der Waals surface area contributed by atoms with Crippen molar-refractivity contribution in [2.24, 2.45) is 0 Å². The minimum absolute atomic E-state index is 0.335. The van der Waals surface area contributed by atoms with Crippen molar-refractivity contribution < 1.29 is 9.47 Å². The van der Waals surface area contributed by atoms with Crippen LogP contribution in [0.2, 0.25) is 0 Å². The first-order valence-electron chi connectivity index (χ1n) is 7.27. The van der Waals surface area contributed by atoms with Crippen LogP contribution in [0.4, 0.5) is 0 Å². The molecule has 21 heavy (non-hydrogen) atoms. The second kappa shape index (κ2) is 7.70. The number of rotatable bonds is 7. The van der Waals surface area contributed by atoms with E-state index in [0.717, 1.165) is 30.0 Å². The van der Waals surface area contributed by atoms with Crippen LogP contribution in [0.15, 0.2) is 48.5 Å². The lowest BCUT2D eigenvalue weighted by molar-refractivity contribution is 0.394. The maximum atomic E-state index is 5.42. The third kappa shape index (κ3) is 3.99. The van der Waals surface area contributed by atoms with E-state index in [1.807, 2.05) is 24.3 Å². The molecule has 3 nitrogen and oxygen atoms in total. The molecule has 1 N–H and O–H groups in total. The largest absolute Gasteiger partial charge is 0.497 e. The van der Waals surface area contributed by atoms with E-state index in [-0.39, 0.29) is 0 Å². The number of ether oxygens (including phenoxy) is 2. The van der Waals surface area contributed by atoms with Gasteiger partial charge in [-0.15, -0.1) is 0 Å². The Labute approximate surface area is 126 Å². The van der Waals surface area contributed by atoms with Crippen LogP contribution in [-0.4, -0.2) is 14.2 Å². The molecule has 0 saturated carbocycles. The highest BCUT2D eigenvalue weighted by Crippen LogP contribution is 2.25.